The third-order valence-corrected chi connectivity index (χ3v) is 5.76. The van der Waals surface area contributed by atoms with Crippen molar-refractivity contribution in [3.63, 3.8) is 0 Å². The Morgan fingerprint density at radius 3 is 2.33 bits per heavy atom. The summed E-state index contributed by atoms with van der Waals surface area (Å²) in [6.07, 6.45) is 0. The summed E-state index contributed by atoms with van der Waals surface area (Å²) in [5.41, 5.74) is 1.43. The number of methoxy groups -OCH3 is 1. The molecule has 1 N–H and O–H groups in total. The van der Waals surface area contributed by atoms with Crippen LogP contribution in [-0.2, 0) is 10.0 Å². The first-order valence-electron chi connectivity index (χ1n) is 5.96. The van der Waals surface area contributed by atoms with Crippen LogP contribution in [0.5, 0.6) is 5.75 Å². The molecule has 0 bridgehead atoms. The number of halogens is 2. The van der Waals surface area contributed by atoms with Crippen LogP contribution in [0.1, 0.15) is 5.56 Å². The van der Waals surface area contributed by atoms with E-state index in [1.807, 2.05) is 6.92 Å². The first-order chi connectivity index (χ1) is 9.83. The van der Waals surface area contributed by atoms with Gasteiger partial charge < -0.3 is 4.74 Å². The maximum atomic E-state index is 12.4. The molecule has 0 saturated carbocycles. The highest BCUT2D eigenvalue weighted by Gasteiger charge is 2.18. The summed E-state index contributed by atoms with van der Waals surface area (Å²) in [5.74, 6) is 0.634. The molecule has 2 aromatic rings. The summed E-state index contributed by atoms with van der Waals surface area (Å²) in [6, 6.07) is 10.1. The molecule has 7 heteroatoms. The summed E-state index contributed by atoms with van der Waals surface area (Å²) in [7, 11) is -2.11. The Morgan fingerprint density at radius 1 is 1.05 bits per heavy atom. The summed E-state index contributed by atoms with van der Waals surface area (Å²) >= 11 is 6.61. The van der Waals surface area contributed by atoms with Crippen molar-refractivity contribution in [2.75, 3.05) is 11.8 Å². The summed E-state index contributed by atoms with van der Waals surface area (Å²) in [5, 5.41) is 0. The van der Waals surface area contributed by atoms with E-state index in [0.717, 1.165) is 5.56 Å². The van der Waals surface area contributed by atoms with Crippen molar-refractivity contribution in [1.29, 1.82) is 0 Å². The lowest BCUT2D eigenvalue weighted by Gasteiger charge is -2.11. The smallest absolute Gasteiger partial charge is 0.263 e. The van der Waals surface area contributed by atoms with Gasteiger partial charge in [0.1, 0.15) is 10.6 Å². The highest BCUT2D eigenvalue weighted by Crippen LogP contribution is 2.30. The molecule has 0 amide bonds. The number of aryl methyl sites for hydroxylation is 1. The summed E-state index contributed by atoms with van der Waals surface area (Å²) in [6.45, 7) is 1.90. The second-order valence-electron chi connectivity index (χ2n) is 4.39. The number of nitrogens with one attached hydrogen (secondary N) is 1. The average molecular weight is 435 g/mol. The van der Waals surface area contributed by atoms with Crippen molar-refractivity contribution in [2.45, 2.75) is 11.8 Å². The molecule has 4 nitrogen and oxygen atoms in total. The predicted molar refractivity (Wildman–Crippen MR) is 90.4 cm³/mol. The van der Waals surface area contributed by atoms with Gasteiger partial charge in [-0.1, -0.05) is 6.07 Å². The topological polar surface area (TPSA) is 55.4 Å². The fourth-order valence-electron chi connectivity index (χ4n) is 1.76. The number of ether oxygens (including phenoxy) is 1. The molecule has 0 heterocycles. The highest BCUT2D eigenvalue weighted by molar-refractivity contribution is 9.10. The van der Waals surface area contributed by atoms with E-state index in [2.05, 4.69) is 36.6 Å². The van der Waals surface area contributed by atoms with E-state index in [9.17, 15) is 8.42 Å². The number of sulfonamides is 1. The molecule has 112 valence electrons. The number of rotatable bonds is 4. The van der Waals surface area contributed by atoms with Gasteiger partial charge in [0.05, 0.1) is 17.3 Å². The molecule has 0 aliphatic rings. The molecule has 2 aromatic carbocycles. The Kier molecular flexibility index (Phi) is 4.95. The van der Waals surface area contributed by atoms with Crippen LogP contribution in [0.2, 0.25) is 0 Å². The molecule has 0 saturated heterocycles. The fraction of sp³-hybridized carbons (Fsp3) is 0.143. The fourth-order valence-corrected chi connectivity index (χ4v) is 4.55. The molecule has 0 unspecified atom stereocenters. The Labute approximate surface area is 140 Å². The average Bonchev–Trinajstić information content (AvgIpc) is 2.37. The van der Waals surface area contributed by atoms with Crippen LogP contribution in [0.15, 0.2) is 50.2 Å². The van der Waals surface area contributed by atoms with Gasteiger partial charge in [0.25, 0.3) is 10.0 Å². The van der Waals surface area contributed by atoms with Gasteiger partial charge in [0.15, 0.2) is 0 Å². The minimum atomic E-state index is -3.66. The van der Waals surface area contributed by atoms with Crippen LogP contribution in [0.25, 0.3) is 0 Å². The van der Waals surface area contributed by atoms with Crippen molar-refractivity contribution in [2.24, 2.45) is 0 Å². The molecule has 0 aliphatic carbocycles. The van der Waals surface area contributed by atoms with E-state index in [0.29, 0.717) is 20.4 Å². The minimum Gasteiger partial charge on any atom is -0.496 e. The Bertz CT molecular complexity index is 776. The zero-order valence-electron chi connectivity index (χ0n) is 11.4. The number of hydrogen-bond donors (Lipinski definition) is 1. The second-order valence-corrected chi connectivity index (χ2v) is 7.75. The Hall–Kier alpha value is -1.05. The molecular weight excluding hydrogens is 422 g/mol. The van der Waals surface area contributed by atoms with Crippen molar-refractivity contribution < 1.29 is 13.2 Å². The van der Waals surface area contributed by atoms with E-state index >= 15 is 0 Å². The van der Waals surface area contributed by atoms with Crippen LogP contribution < -0.4 is 9.46 Å². The lowest BCUT2D eigenvalue weighted by Crippen LogP contribution is -2.13. The van der Waals surface area contributed by atoms with Crippen molar-refractivity contribution >= 4 is 47.6 Å². The molecule has 0 spiro atoms. The largest absolute Gasteiger partial charge is 0.496 e. The van der Waals surface area contributed by atoms with Crippen LogP contribution in [-0.4, -0.2) is 15.5 Å². The molecule has 0 radical (unpaired) electrons. The van der Waals surface area contributed by atoms with Crippen LogP contribution in [0.3, 0.4) is 0 Å². The molecule has 0 aliphatic heterocycles. The van der Waals surface area contributed by atoms with Gasteiger partial charge in [0.2, 0.25) is 0 Å². The van der Waals surface area contributed by atoms with Crippen LogP contribution in [0.4, 0.5) is 5.69 Å². The maximum Gasteiger partial charge on any atom is 0.263 e. The van der Waals surface area contributed by atoms with E-state index in [4.69, 9.17) is 4.74 Å². The quantitative estimate of drug-likeness (QED) is 0.778. The zero-order chi connectivity index (χ0) is 15.6. The zero-order valence-corrected chi connectivity index (χ0v) is 15.3. The maximum absolute atomic E-state index is 12.4. The van der Waals surface area contributed by atoms with E-state index in [1.54, 1.807) is 43.5 Å². The van der Waals surface area contributed by atoms with Gasteiger partial charge >= 0.3 is 0 Å². The van der Waals surface area contributed by atoms with Gasteiger partial charge in [-0.2, -0.15) is 0 Å². The monoisotopic (exact) mass is 433 g/mol. The van der Waals surface area contributed by atoms with Gasteiger partial charge in [-0.05, 0) is 74.7 Å². The Balaban J connectivity index is 2.35. The molecule has 21 heavy (non-hydrogen) atoms. The lowest BCUT2D eigenvalue weighted by molar-refractivity contribution is 0.412. The number of hydrogen-bond acceptors (Lipinski definition) is 3. The van der Waals surface area contributed by atoms with Crippen molar-refractivity contribution in [1.82, 2.24) is 0 Å². The van der Waals surface area contributed by atoms with Gasteiger partial charge in [-0.3, -0.25) is 4.72 Å². The van der Waals surface area contributed by atoms with Crippen LogP contribution >= 0.6 is 31.9 Å². The minimum absolute atomic E-state index is 0.194. The highest BCUT2D eigenvalue weighted by atomic mass is 79.9. The van der Waals surface area contributed by atoms with Gasteiger partial charge in [-0.15, -0.1) is 0 Å². The Morgan fingerprint density at radius 2 is 1.76 bits per heavy atom. The third kappa shape index (κ3) is 3.78. The standard InChI is InChI=1S/C14H13Br2NO3S/c1-9-3-6-14(12(16)7-9)21(18,19)17-10-4-5-13(20-2)11(15)8-10/h3-8,17H,1-2H3. The normalized spacial score (nSPS) is 11.2. The van der Waals surface area contributed by atoms with E-state index < -0.39 is 10.0 Å². The number of benzene rings is 2. The van der Waals surface area contributed by atoms with Gasteiger partial charge in [-0.25, -0.2) is 8.42 Å². The molecular formula is C14H13Br2NO3S. The first-order valence-corrected chi connectivity index (χ1v) is 9.03. The second kappa shape index (κ2) is 6.37. The SMILES string of the molecule is COc1ccc(NS(=O)(=O)c2ccc(C)cc2Br)cc1Br. The van der Waals surface area contributed by atoms with Crippen molar-refractivity contribution in [3.8, 4) is 5.75 Å². The lowest BCUT2D eigenvalue weighted by atomic mass is 10.2. The van der Waals surface area contributed by atoms with E-state index in [-0.39, 0.29) is 4.90 Å². The summed E-state index contributed by atoms with van der Waals surface area (Å²) in [4.78, 5) is 0.194. The van der Waals surface area contributed by atoms with Crippen molar-refractivity contribution in [3.05, 3.63) is 50.9 Å². The summed E-state index contributed by atoms with van der Waals surface area (Å²) < 4.78 is 33.7. The molecule has 0 fully saturated rings. The molecule has 2 rings (SSSR count). The molecule has 0 atom stereocenters. The first kappa shape index (κ1) is 16.3. The van der Waals surface area contributed by atoms with Crippen LogP contribution in [0, 0.1) is 6.92 Å². The van der Waals surface area contributed by atoms with E-state index in [1.165, 1.54) is 0 Å². The number of anilines is 1. The predicted octanol–water partition coefficient (Wildman–Crippen LogP) is 4.33. The third-order valence-electron chi connectivity index (χ3n) is 2.78. The molecule has 0 aromatic heterocycles. The van der Waals surface area contributed by atoms with Gasteiger partial charge in [0, 0.05) is 4.47 Å².